The van der Waals surface area contributed by atoms with Gasteiger partial charge in [0.25, 0.3) is 0 Å². The van der Waals surface area contributed by atoms with Crippen LogP contribution in [0, 0.1) is 0 Å². The quantitative estimate of drug-likeness (QED) is 0.544. The van der Waals surface area contributed by atoms with Crippen molar-refractivity contribution < 1.29 is 9.84 Å². The number of hydrazine groups is 1. The average Bonchev–Trinajstić information content (AvgIpc) is 3.06. The Morgan fingerprint density at radius 1 is 1.16 bits per heavy atom. The molecule has 0 aliphatic carbocycles. The number of phenols is 1. The van der Waals surface area contributed by atoms with Crippen molar-refractivity contribution in [2.24, 2.45) is 0 Å². The highest BCUT2D eigenvalue weighted by Crippen LogP contribution is 2.29. The van der Waals surface area contributed by atoms with Gasteiger partial charge in [-0.3, -0.25) is 9.20 Å². The molecule has 126 valence electrons. The van der Waals surface area contributed by atoms with Crippen molar-refractivity contribution in [1.82, 2.24) is 14.4 Å². The smallest absolute Gasteiger partial charge is 0.199 e. The first-order valence-corrected chi connectivity index (χ1v) is 8.20. The fourth-order valence-corrected chi connectivity index (χ4v) is 3.51. The number of fused-ring (bicyclic) bond motifs is 2. The van der Waals surface area contributed by atoms with E-state index in [0.717, 1.165) is 35.3 Å². The van der Waals surface area contributed by atoms with Crippen LogP contribution in [0.2, 0.25) is 0 Å². The van der Waals surface area contributed by atoms with E-state index >= 15 is 0 Å². The fraction of sp³-hybridized carbons (Fsp3) is 0.222. The predicted molar refractivity (Wildman–Crippen MR) is 95.3 cm³/mol. The van der Waals surface area contributed by atoms with E-state index in [1.807, 2.05) is 21.5 Å². The zero-order valence-corrected chi connectivity index (χ0v) is 13.4. The lowest BCUT2D eigenvalue weighted by atomic mass is 10.1. The highest BCUT2D eigenvalue weighted by atomic mass is 16.5. The van der Waals surface area contributed by atoms with Crippen LogP contribution in [-0.4, -0.2) is 45.8 Å². The summed E-state index contributed by atoms with van der Waals surface area (Å²) in [5, 5.41) is 12.9. The summed E-state index contributed by atoms with van der Waals surface area (Å²) < 4.78 is 7.28. The molecule has 0 amide bonds. The van der Waals surface area contributed by atoms with E-state index in [-0.39, 0.29) is 11.2 Å². The van der Waals surface area contributed by atoms with Crippen LogP contribution in [0.1, 0.15) is 0 Å². The van der Waals surface area contributed by atoms with Gasteiger partial charge in [0.05, 0.1) is 46.2 Å². The predicted octanol–water partition coefficient (Wildman–Crippen LogP) is 1.80. The minimum Gasteiger partial charge on any atom is -0.508 e. The van der Waals surface area contributed by atoms with Crippen LogP contribution >= 0.6 is 0 Å². The van der Waals surface area contributed by atoms with E-state index in [4.69, 9.17) is 4.74 Å². The molecule has 1 fully saturated rings. The Morgan fingerprint density at radius 3 is 2.84 bits per heavy atom. The number of pyridine rings is 1. The van der Waals surface area contributed by atoms with Crippen LogP contribution in [0.5, 0.6) is 5.75 Å². The largest absolute Gasteiger partial charge is 0.508 e. The molecule has 0 atom stereocenters. The van der Waals surface area contributed by atoms with Crippen LogP contribution in [0.15, 0.2) is 41.5 Å². The molecule has 1 aliphatic heterocycles. The van der Waals surface area contributed by atoms with E-state index in [1.54, 1.807) is 18.5 Å². The zero-order chi connectivity index (χ0) is 17.0. The first-order chi connectivity index (χ1) is 12.2. The molecule has 0 spiro atoms. The van der Waals surface area contributed by atoms with Crippen molar-refractivity contribution in [3.8, 4) is 5.75 Å². The van der Waals surface area contributed by atoms with Crippen molar-refractivity contribution in [3.63, 3.8) is 0 Å². The highest BCUT2D eigenvalue weighted by molar-refractivity contribution is 6.07. The number of ether oxygens (including phenoxy) is 1. The topological polar surface area (TPSA) is 79.1 Å². The maximum atomic E-state index is 13.2. The van der Waals surface area contributed by atoms with Crippen molar-refractivity contribution in [2.45, 2.75) is 0 Å². The molecule has 1 aliphatic rings. The Balaban J connectivity index is 1.82. The number of aromatic hydroxyl groups is 1. The van der Waals surface area contributed by atoms with Gasteiger partial charge >= 0.3 is 0 Å². The molecule has 3 heterocycles. The van der Waals surface area contributed by atoms with Crippen LogP contribution in [0.4, 0.5) is 5.69 Å². The van der Waals surface area contributed by atoms with E-state index in [0.29, 0.717) is 24.0 Å². The average molecular weight is 336 g/mol. The summed E-state index contributed by atoms with van der Waals surface area (Å²) in [5.41, 5.74) is 6.29. The molecule has 5 rings (SSSR count). The second-order valence-corrected chi connectivity index (χ2v) is 6.21. The molecule has 2 aromatic heterocycles. The second kappa shape index (κ2) is 5.30. The molecule has 25 heavy (non-hydrogen) atoms. The first-order valence-electron chi connectivity index (χ1n) is 8.20. The van der Waals surface area contributed by atoms with Crippen molar-refractivity contribution in [2.75, 3.05) is 31.7 Å². The lowest BCUT2D eigenvalue weighted by Crippen LogP contribution is -2.40. The molecule has 7 nitrogen and oxygen atoms in total. The third-order valence-corrected chi connectivity index (χ3v) is 4.71. The summed E-state index contributed by atoms with van der Waals surface area (Å²) in [6.45, 7) is 2.82. The number of imidazole rings is 1. The molecule has 0 unspecified atom stereocenters. The maximum Gasteiger partial charge on any atom is 0.199 e. The first kappa shape index (κ1) is 14.4. The molecule has 0 bridgehead atoms. The molecule has 1 saturated heterocycles. The number of hydrogen-bond acceptors (Lipinski definition) is 6. The minimum atomic E-state index is -0.111. The Hall–Kier alpha value is -2.90. The number of anilines is 1. The van der Waals surface area contributed by atoms with E-state index in [1.165, 1.54) is 6.07 Å². The van der Waals surface area contributed by atoms with Crippen molar-refractivity contribution in [3.05, 3.63) is 46.9 Å². The van der Waals surface area contributed by atoms with Gasteiger partial charge in [-0.1, -0.05) is 0 Å². The van der Waals surface area contributed by atoms with Crippen LogP contribution in [0.3, 0.4) is 0 Å². The Bertz CT molecular complexity index is 1150. The summed E-state index contributed by atoms with van der Waals surface area (Å²) >= 11 is 0. The lowest BCUT2D eigenvalue weighted by Gasteiger charge is -2.28. The highest BCUT2D eigenvalue weighted by Gasteiger charge is 2.18. The van der Waals surface area contributed by atoms with Gasteiger partial charge in [0, 0.05) is 13.1 Å². The number of phenolic OH excluding ortho intramolecular Hbond substituents is 1. The number of aromatic nitrogens is 2. The maximum absolute atomic E-state index is 13.2. The van der Waals surface area contributed by atoms with Crippen LogP contribution < -0.4 is 10.9 Å². The number of hydrogen-bond donors (Lipinski definition) is 2. The molecule has 0 saturated carbocycles. The Kier molecular flexibility index (Phi) is 3.06. The summed E-state index contributed by atoms with van der Waals surface area (Å²) in [6, 6.07) is 8.64. The van der Waals surface area contributed by atoms with Gasteiger partial charge in [-0.25, -0.2) is 9.99 Å². The molecular formula is C18H16N4O3. The van der Waals surface area contributed by atoms with Gasteiger partial charge in [0.2, 0.25) is 0 Å². The molecule has 2 N–H and O–H groups in total. The van der Waals surface area contributed by atoms with Gasteiger partial charge < -0.3 is 15.3 Å². The SMILES string of the molecule is O=c1c2cc(O)ccc2n2cnc3ccc(NN4CCOCC4)c1c32. The summed E-state index contributed by atoms with van der Waals surface area (Å²) in [6.07, 6.45) is 1.72. The van der Waals surface area contributed by atoms with Crippen LogP contribution in [0.25, 0.3) is 27.3 Å². The molecule has 2 aromatic carbocycles. The third-order valence-electron chi connectivity index (χ3n) is 4.71. The van der Waals surface area contributed by atoms with E-state index < -0.39 is 0 Å². The summed E-state index contributed by atoms with van der Waals surface area (Å²) in [7, 11) is 0. The van der Waals surface area contributed by atoms with Gasteiger partial charge in [0.15, 0.2) is 5.43 Å². The Labute approximate surface area is 142 Å². The van der Waals surface area contributed by atoms with Gasteiger partial charge in [-0.05, 0) is 30.3 Å². The van der Waals surface area contributed by atoms with E-state index in [9.17, 15) is 9.90 Å². The normalized spacial score (nSPS) is 16.2. The van der Waals surface area contributed by atoms with Gasteiger partial charge in [-0.15, -0.1) is 0 Å². The second-order valence-electron chi connectivity index (χ2n) is 6.21. The number of rotatable bonds is 2. The van der Waals surface area contributed by atoms with Crippen LogP contribution in [-0.2, 0) is 4.74 Å². The minimum absolute atomic E-state index is 0.0746. The van der Waals surface area contributed by atoms with Crippen molar-refractivity contribution in [1.29, 1.82) is 0 Å². The monoisotopic (exact) mass is 336 g/mol. The van der Waals surface area contributed by atoms with Crippen molar-refractivity contribution >= 4 is 33.0 Å². The van der Waals surface area contributed by atoms with Gasteiger partial charge in [-0.2, -0.15) is 0 Å². The number of morpholine rings is 1. The molecule has 4 aromatic rings. The van der Waals surface area contributed by atoms with Gasteiger partial charge in [0.1, 0.15) is 12.1 Å². The molecule has 0 radical (unpaired) electrons. The fourth-order valence-electron chi connectivity index (χ4n) is 3.51. The zero-order valence-electron chi connectivity index (χ0n) is 13.4. The molecule has 7 heteroatoms. The van der Waals surface area contributed by atoms with E-state index in [2.05, 4.69) is 10.4 Å². The molecular weight excluding hydrogens is 320 g/mol. The summed E-state index contributed by atoms with van der Waals surface area (Å²) in [4.78, 5) is 17.6. The Morgan fingerprint density at radius 2 is 2.00 bits per heavy atom. The summed E-state index contributed by atoms with van der Waals surface area (Å²) in [5.74, 6) is 0.0746. The standard InChI is InChI=1S/C18H16N4O3/c23-11-1-4-15-12(9-11)18(24)16-13(20-21-5-7-25-8-6-21)2-3-14-17(16)22(15)10-19-14/h1-4,9-10,20,23H,5-8H2. The third kappa shape index (κ3) is 2.13. The number of benzene rings is 2. The number of nitrogens with one attached hydrogen (secondary N) is 1. The lowest BCUT2D eigenvalue weighted by molar-refractivity contribution is 0.0497. The number of nitrogens with zero attached hydrogens (tertiary/aromatic N) is 3.